The van der Waals surface area contributed by atoms with Crippen molar-refractivity contribution in [1.82, 2.24) is 15.5 Å². The molecule has 0 unspecified atom stereocenters. The molecule has 0 aromatic carbocycles. The number of nitrogens with one attached hydrogen (secondary N) is 2. The Labute approximate surface area is 144 Å². The quantitative estimate of drug-likeness (QED) is 0.219. The van der Waals surface area contributed by atoms with Gasteiger partial charge in [0.2, 0.25) is 11.8 Å². The van der Waals surface area contributed by atoms with Gasteiger partial charge in [-0.3, -0.25) is 19.5 Å². The molecule has 1 aliphatic rings. The van der Waals surface area contributed by atoms with Gasteiger partial charge in [-0.25, -0.2) is 0 Å². The van der Waals surface area contributed by atoms with E-state index in [4.69, 9.17) is 0 Å². The number of likely N-dealkylation sites (tertiary alicyclic amines) is 1. The molecule has 1 heterocycles. The molecule has 7 heteroatoms. The van der Waals surface area contributed by atoms with Gasteiger partial charge in [0.1, 0.15) is 0 Å². The molecule has 1 aliphatic heterocycles. The SMILES string of the molecule is CCCCCNC(=NC)NCCN1C(=O)CCCC1=O.I. The summed E-state index contributed by atoms with van der Waals surface area (Å²) in [6, 6.07) is 0. The van der Waals surface area contributed by atoms with Crippen LogP contribution in [-0.2, 0) is 9.59 Å². The summed E-state index contributed by atoms with van der Waals surface area (Å²) in [4.78, 5) is 28.7. The molecule has 0 atom stereocenters. The van der Waals surface area contributed by atoms with E-state index >= 15 is 0 Å². The lowest BCUT2D eigenvalue weighted by molar-refractivity contribution is -0.147. The van der Waals surface area contributed by atoms with E-state index in [1.165, 1.54) is 17.7 Å². The fourth-order valence-corrected chi connectivity index (χ4v) is 2.14. The van der Waals surface area contributed by atoms with E-state index in [1.807, 2.05) is 0 Å². The summed E-state index contributed by atoms with van der Waals surface area (Å²) in [6.07, 6.45) is 5.14. The highest BCUT2D eigenvalue weighted by atomic mass is 127. The fourth-order valence-electron chi connectivity index (χ4n) is 2.14. The second-order valence-corrected chi connectivity index (χ2v) is 4.93. The number of unbranched alkanes of at least 4 members (excludes halogenated alkanes) is 2. The zero-order chi connectivity index (χ0) is 14.8. The van der Waals surface area contributed by atoms with Gasteiger partial charge in [-0.15, -0.1) is 24.0 Å². The van der Waals surface area contributed by atoms with Crippen LogP contribution >= 0.6 is 24.0 Å². The van der Waals surface area contributed by atoms with E-state index in [-0.39, 0.29) is 35.8 Å². The summed E-state index contributed by atoms with van der Waals surface area (Å²) in [7, 11) is 1.71. The Hall–Kier alpha value is -0.860. The lowest BCUT2D eigenvalue weighted by atomic mass is 10.1. The summed E-state index contributed by atoms with van der Waals surface area (Å²) in [5.74, 6) is 0.598. The average molecular weight is 410 g/mol. The second kappa shape index (κ2) is 11.8. The molecule has 21 heavy (non-hydrogen) atoms. The summed E-state index contributed by atoms with van der Waals surface area (Å²) < 4.78 is 0. The van der Waals surface area contributed by atoms with Crippen LogP contribution in [0.1, 0.15) is 45.4 Å². The number of rotatable bonds is 7. The second-order valence-electron chi connectivity index (χ2n) is 4.93. The molecule has 1 rings (SSSR count). The Kier molecular flexibility index (Phi) is 11.3. The van der Waals surface area contributed by atoms with Crippen LogP contribution in [0.5, 0.6) is 0 Å². The van der Waals surface area contributed by atoms with Crippen LogP contribution in [-0.4, -0.2) is 49.4 Å². The highest BCUT2D eigenvalue weighted by molar-refractivity contribution is 14.0. The molecular weight excluding hydrogens is 383 g/mol. The average Bonchev–Trinajstić information content (AvgIpc) is 2.44. The lowest BCUT2D eigenvalue weighted by Gasteiger charge is -2.25. The molecule has 122 valence electrons. The molecule has 2 N–H and O–H groups in total. The summed E-state index contributed by atoms with van der Waals surface area (Å²) in [5, 5.41) is 6.34. The minimum Gasteiger partial charge on any atom is -0.356 e. The van der Waals surface area contributed by atoms with Gasteiger partial charge in [0.05, 0.1) is 0 Å². The number of imide groups is 1. The number of hydrogen-bond acceptors (Lipinski definition) is 3. The number of nitrogens with zero attached hydrogens (tertiary/aromatic N) is 2. The maximum absolute atomic E-state index is 11.6. The predicted octanol–water partition coefficient (Wildman–Crippen LogP) is 1.50. The van der Waals surface area contributed by atoms with Crippen molar-refractivity contribution in [1.29, 1.82) is 0 Å². The number of carbonyl (C=O) groups is 2. The first-order valence-corrected chi connectivity index (χ1v) is 7.46. The van der Waals surface area contributed by atoms with Crippen LogP contribution in [0, 0.1) is 0 Å². The van der Waals surface area contributed by atoms with Crippen LogP contribution in [0.4, 0.5) is 0 Å². The van der Waals surface area contributed by atoms with E-state index < -0.39 is 0 Å². The molecule has 2 amide bonds. The van der Waals surface area contributed by atoms with Crippen molar-refractivity contribution in [3.05, 3.63) is 0 Å². The van der Waals surface area contributed by atoms with Crippen molar-refractivity contribution in [3.8, 4) is 0 Å². The number of amides is 2. The Morgan fingerprint density at radius 2 is 1.76 bits per heavy atom. The smallest absolute Gasteiger partial charge is 0.229 e. The number of guanidine groups is 1. The Balaban J connectivity index is 0.00000400. The number of carbonyl (C=O) groups excluding carboxylic acids is 2. The Morgan fingerprint density at radius 1 is 1.14 bits per heavy atom. The molecule has 1 saturated heterocycles. The van der Waals surface area contributed by atoms with Gasteiger partial charge < -0.3 is 10.6 Å². The number of halogens is 1. The van der Waals surface area contributed by atoms with E-state index in [0.717, 1.165) is 18.9 Å². The van der Waals surface area contributed by atoms with Gasteiger partial charge in [0.25, 0.3) is 0 Å². The van der Waals surface area contributed by atoms with Gasteiger partial charge in [0, 0.05) is 39.5 Å². The monoisotopic (exact) mass is 410 g/mol. The molecule has 0 aromatic heterocycles. The summed E-state index contributed by atoms with van der Waals surface area (Å²) >= 11 is 0. The summed E-state index contributed by atoms with van der Waals surface area (Å²) in [6.45, 7) is 3.99. The van der Waals surface area contributed by atoms with Crippen molar-refractivity contribution in [2.75, 3.05) is 26.7 Å². The van der Waals surface area contributed by atoms with E-state index in [1.54, 1.807) is 7.05 Å². The first-order valence-electron chi connectivity index (χ1n) is 7.46. The number of aliphatic imine (C=N–C) groups is 1. The van der Waals surface area contributed by atoms with Crippen LogP contribution in [0.3, 0.4) is 0 Å². The molecule has 0 bridgehead atoms. The highest BCUT2D eigenvalue weighted by Gasteiger charge is 2.25. The molecule has 0 spiro atoms. The van der Waals surface area contributed by atoms with Gasteiger partial charge in [0.15, 0.2) is 5.96 Å². The van der Waals surface area contributed by atoms with Gasteiger partial charge >= 0.3 is 0 Å². The first kappa shape index (κ1) is 20.1. The molecule has 0 aromatic rings. The molecule has 1 fully saturated rings. The lowest BCUT2D eigenvalue weighted by Crippen LogP contribution is -2.46. The van der Waals surface area contributed by atoms with Crippen LogP contribution in [0.2, 0.25) is 0 Å². The fraction of sp³-hybridized carbons (Fsp3) is 0.786. The third kappa shape index (κ3) is 7.63. The minimum atomic E-state index is -0.0612. The molecular formula is C14H27IN4O2. The zero-order valence-electron chi connectivity index (χ0n) is 13.0. The Morgan fingerprint density at radius 3 is 2.33 bits per heavy atom. The van der Waals surface area contributed by atoms with Crippen LogP contribution in [0.25, 0.3) is 0 Å². The molecule has 0 radical (unpaired) electrons. The maximum atomic E-state index is 11.6. The minimum absolute atomic E-state index is 0. The van der Waals surface area contributed by atoms with Gasteiger partial charge in [-0.05, 0) is 12.8 Å². The van der Waals surface area contributed by atoms with Crippen molar-refractivity contribution in [3.63, 3.8) is 0 Å². The third-order valence-corrected chi connectivity index (χ3v) is 3.31. The third-order valence-electron chi connectivity index (χ3n) is 3.31. The number of hydrogen-bond donors (Lipinski definition) is 2. The first-order chi connectivity index (χ1) is 9.69. The Bertz CT molecular complexity index is 345. The van der Waals surface area contributed by atoms with Crippen molar-refractivity contribution < 1.29 is 9.59 Å². The predicted molar refractivity (Wildman–Crippen MR) is 94.9 cm³/mol. The highest BCUT2D eigenvalue weighted by Crippen LogP contribution is 2.11. The van der Waals surface area contributed by atoms with E-state index in [0.29, 0.717) is 32.4 Å². The molecule has 6 nitrogen and oxygen atoms in total. The van der Waals surface area contributed by atoms with Gasteiger partial charge in [-0.1, -0.05) is 19.8 Å². The van der Waals surface area contributed by atoms with Crippen molar-refractivity contribution in [2.45, 2.75) is 45.4 Å². The van der Waals surface area contributed by atoms with Crippen LogP contribution in [0.15, 0.2) is 4.99 Å². The molecule has 0 saturated carbocycles. The largest absolute Gasteiger partial charge is 0.356 e. The van der Waals surface area contributed by atoms with E-state index in [9.17, 15) is 9.59 Å². The normalized spacial score (nSPS) is 15.7. The maximum Gasteiger partial charge on any atom is 0.229 e. The van der Waals surface area contributed by atoms with Crippen molar-refractivity contribution >= 4 is 41.8 Å². The van der Waals surface area contributed by atoms with Gasteiger partial charge in [-0.2, -0.15) is 0 Å². The van der Waals surface area contributed by atoms with Crippen molar-refractivity contribution in [2.24, 2.45) is 4.99 Å². The molecule has 0 aliphatic carbocycles. The zero-order valence-corrected chi connectivity index (χ0v) is 15.3. The standard InChI is InChI=1S/C14H26N4O2.HI/c1-3-4-5-9-16-14(15-2)17-10-11-18-12(19)7-6-8-13(18)20;/h3-11H2,1-2H3,(H2,15,16,17);1H. The number of piperidine rings is 1. The topological polar surface area (TPSA) is 73.8 Å². The van der Waals surface area contributed by atoms with E-state index in [2.05, 4.69) is 22.5 Å². The van der Waals surface area contributed by atoms with Crippen LogP contribution < -0.4 is 10.6 Å². The summed E-state index contributed by atoms with van der Waals surface area (Å²) in [5.41, 5.74) is 0.